The zero-order valence-corrected chi connectivity index (χ0v) is 24.6. The minimum Gasteiger partial charge on any atom is -0.480 e. The first-order valence-corrected chi connectivity index (χ1v) is 15.3. The highest BCUT2D eigenvalue weighted by molar-refractivity contribution is 8.00. The number of carbonyl (C=O) groups is 2. The summed E-state index contributed by atoms with van der Waals surface area (Å²) < 4.78 is 188. The van der Waals surface area contributed by atoms with Gasteiger partial charge < -0.3 is 23.7 Å². The van der Waals surface area contributed by atoms with Crippen molar-refractivity contribution < 1.29 is 85.0 Å². The summed E-state index contributed by atoms with van der Waals surface area (Å²) in [4.78, 5) is 23.5. The second kappa shape index (κ2) is 15.7. The van der Waals surface area contributed by atoms with Crippen LogP contribution in [0, 0.1) is 0 Å². The van der Waals surface area contributed by atoms with Crippen LogP contribution in [-0.2, 0) is 22.9 Å². The molecule has 0 aliphatic rings. The van der Waals surface area contributed by atoms with Crippen molar-refractivity contribution in [2.75, 3.05) is 32.1 Å². The van der Waals surface area contributed by atoms with Gasteiger partial charge in [0.1, 0.15) is 5.25 Å². The van der Waals surface area contributed by atoms with E-state index in [1.165, 1.54) is 0 Å². The van der Waals surface area contributed by atoms with Gasteiger partial charge in [0.2, 0.25) is 5.91 Å². The van der Waals surface area contributed by atoms with Gasteiger partial charge in [0.15, 0.2) is 0 Å². The largest absolute Gasteiger partial charge is 0.500 e. The maximum Gasteiger partial charge on any atom is 0.500 e. The molecule has 0 radical (unpaired) electrons. The van der Waals surface area contributed by atoms with Gasteiger partial charge in [-0.1, -0.05) is 0 Å². The molecule has 0 heterocycles. The lowest BCUT2D eigenvalue weighted by atomic mass is 9.93. The summed E-state index contributed by atoms with van der Waals surface area (Å²) in [5.74, 6) is -42.0. The van der Waals surface area contributed by atoms with E-state index in [4.69, 9.17) is 13.3 Å². The van der Waals surface area contributed by atoms with Crippen molar-refractivity contribution in [2.45, 2.75) is 87.1 Å². The molecule has 0 saturated heterocycles. The molecule has 43 heavy (non-hydrogen) atoms. The summed E-state index contributed by atoms with van der Waals surface area (Å²) in [6.07, 6.45) is -10.9. The van der Waals surface area contributed by atoms with Gasteiger partial charge in [-0.2, -0.15) is 57.1 Å². The van der Waals surface area contributed by atoms with Crippen LogP contribution in [0.2, 0.25) is 6.04 Å². The van der Waals surface area contributed by atoms with Crippen LogP contribution in [0.1, 0.15) is 40.0 Å². The first-order valence-electron chi connectivity index (χ1n) is 12.3. The highest BCUT2D eigenvalue weighted by Crippen LogP contribution is 2.60. The average molecular weight is 700 g/mol. The predicted octanol–water partition coefficient (Wildman–Crippen LogP) is 6.25. The lowest BCUT2D eigenvalue weighted by Gasteiger charge is -2.39. The van der Waals surface area contributed by atoms with E-state index in [2.05, 4.69) is 5.32 Å². The number of rotatable bonds is 21. The van der Waals surface area contributed by atoms with Crippen molar-refractivity contribution in [1.82, 2.24) is 5.32 Å². The summed E-state index contributed by atoms with van der Waals surface area (Å²) in [6.45, 7) is 5.73. The van der Waals surface area contributed by atoms with Gasteiger partial charge in [0, 0.05) is 51.0 Å². The molecule has 0 aliphatic heterocycles. The number of hydrogen-bond donors (Lipinski definition) is 2. The Morgan fingerprint density at radius 1 is 0.767 bits per heavy atom. The van der Waals surface area contributed by atoms with Gasteiger partial charge in [0.05, 0.1) is 0 Å². The maximum atomic E-state index is 13.9. The number of carbonyl (C=O) groups excluding carboxylic acids is 1. The van der Waals surface area contributed by atoms with E-state index in [0.29, 0.717) is 0 Å². The van der Waals surface area contributed by atoms with Gasteiger partial charge in [-0.3, -0.25) is 9.59 Å². The van der Waals surface area contributed by atoms with E-state index in [9.17, 15) is 71.8 Å². The number of carboxylic acids is 1. The first-order chi connectivity index (χ1) is 19.3. The predicted molar refractivity (Wildman–Crippen MR) is 127 cm³/mol. The van der Waals surface area contributed by atoms with Crippen LogP contribution in [0.15, 0.2) is 0 Å². The van der Waals surface area contributed by atoms with Crippen LogP contribution in [0.25, 0.3) is 0 Å². The third-order valence-corrected chi connectivity index (χ3v) is 9.82. The number of hydrogen-bond acceptors (Lipinski definition) is 6. The summed E-state index contributed by atoms with van der Waals surface area (Å²) in [5, 5.41) is 9.50. The Morgan fingerprint density at radius 3 is 1.60 bits per heavy atom. The molecule has 0 rings (SSSR count). The van der Waals surface area contributed by atoms with Gasteiger partial charge in [0.25, 0.3) is 0 Å². The highest BCUT2D eigenvalue weighted by Gasteiger charge is 2.90. The Labute approximate surface area is 242 Å². The molecule has 0 aromatic rings. The lowest BCUT2D eigenvalue weighted by Crippen LogP contribution is -2.70. The summed E-state index contributed by atoms with van der Waals surface area (Å²) in [6, 6.07) is 0.224. The average Bonchev–Trinajstić information content (AvgIpc) is 2.85. The highest BCUT2D eigenvalue weighted by atomic mass is 32.2. The molecular formula is C21H30F13NO6SSi. The minimum atomic E-state index is -8.02. The summed E-state index contributed by atoms with van der Waals surface area (Å²) >= 11 is -0.195. The van der Waals surface area contributed by atoms with Crippen LogP contribution >= 0.6 is 11.8 Å². The van der Waals surface area contributed by atoms with E-state index < -0.39 is 80.3 Å². The quantitative estimate of drug-likeness (QED) is 0.0832. The molecular weight excluding hydrogens is 669 g/mol. The maximum absolute atomic E-state index is 13.9. The van der Waals surface area contributed by atoms with Crippen molar-refractivity contribution in [1.29, 1.82) is 0 Å². The van der Waals surface area contributed by atoms with Gasteiger partial charge >= 0.3 is 50.6 Å². The molecule has 22 heteroatoms. The second-order valence-electron chi connectivity index (χ2n) is 8.59. The van der Waals surface area contributed by atoms with E-state index in [0.717, 1.165) is 0 Å². The number of aliphatic carboxylic acids is 1. The van der Waals surface area contributed by atoms with E-state index in [-0.39, 0.29) is 50.6 Å². The number of halogens is 13. The van der Waals surface area contributed by atoms with Crippen molar-refractivity contribution in [3.8, 4) is 0 Å². The van der Waals surface area contributed by atoms with E-state index in [1.54, 1.807) is 20.8 Å². The zero-order chi connectivity index (χ0) is 34.1. The normalized spacial score (nSPS) is 15.0. The molecule has 1 atom stereocenters. The van der Waals surface area contributed by atoms with Crippen LogP contribution in [0.3, 0.4) is 0 Å². The first kappa shape index (κ1) is 41.5. The molecule has 0 aromatic heterocycles. The lowest BCUT2D eigenvalue weighted by molar-refractivity contribution is -0.439. The molecule has 0 saturated carbocycles. The molecule has 7 nitrogen and oxygen atoms in total. The van der Waals surface area contributed by atoms with Crippen LogP contribution in [0.5, 0.6) is 0 Å². The SMILES string of the molecule is CCO[Si](CCCNC(=O)CC(SCCC(F)(F)C(F)(F)C(F)(F)C(F)(F)C(F)(F)C(F)(F)F)C(=O)O)(OCC)OCC. The number of thioether (sulfide) groups is 1. The van der Waals surface area contributed by atoms with Gasteiger partial charge in [-0.25, -0.2) is 0 Å². The number of nitrogens with one attached hydrogen (secondary N) is 1. The van der Waals surface area contributed by atoms with Gasteiger partial charge in [-0.05, 0) is 27.2 Å². The molecule has 1 amide bonds. The third-order valence-electron chi connectivity index (χ3n) is 5.45. The molecule has 2 N–H and O–H groups in total. The Morgan fingerprint density at radius 2 is 1.21 bits per heavy atom. The fraction of sp³-hybridized carbons (Fsp3) is 0.905. The Bertz CT molecular complexity index is 894. The Balaban J connectivity index is 5.34. The van der Waals surface area contributed by atoms with Crippen LogP contribution in [0.4, 0.5) is 57.1 Å². The molecule has 0 bridgehead atoms. The standard InChI is InChI=1S/C21H30F13NO6SSi/c1-4-39-43(40-5-2,41-6-3)11-7-9-35-14(36)12-13(15(37)38)42-10-8-16(22,23)17(24,25)18(26,27)19(28,29)20(30,31)21(32,33)34/h13H,4-12H2,1-3H3,(H,35,36)(H,37,38). The number of amides is 1. The van der Waals surface area contributed by atoms with Crippen molar-refractivity contribution in [2.24, 2.45) is 0 Å². The second-order valence-corrected chi connectivity index (χ2v) is 12.6. The van der Waals surface area contributed by atoms with Crippen LogP contribution < -0.4 is 5.32 Å². The van der Waals surface area contributed by atoms with Gasteiger partial charge in [-0.15, -0.1) is 11.8 Å². The topological polar surface area (TPSA) is 94.1 Å². The van der Waals surface area contributed by atoms with Crippen LogP contribution in [-0.4, -0.2) is 98.9 Å². The number of alkyl halides is 13. The molecule has 0 aliphatic carbocycles. The summed E-state index contributed by atoms with van der Waals surface area (Å²) in [5.41, 5.74) is 0. The minimum absolute atomic E-state index is 0.0893. The van der Waals surface area contributed by atoms with Crippen molar-refractivity contribution in [3.05, 3.63) is 0 Å². The monoisotopic (exact) mass is 699 g/mol. The third kappa shape index (κ3) is 9.73. The molecule has 0 spiro atoms. The van der Waals surface area contributed by atoms with Crippen molar-refractivity contribution >= 4 is 32.4 Å². The van der Waals surface area contributed by atoms with E-state index in [1.807, 2.05) is 0 Å². The fourth-order valence-corrected chi connectivity index (χ4v) is 6.96. The molecule has 256 valence electrons. The van der Waals surface area contributed by atoms with Crippen molar-refractivity contribution in [3.63, 3.8) is 0 Å². The molecule has 1 unspecified atom stereocenters. The fourth-order valence-electron chi connectivity index (χ4n) is 3.28. The molecule has 0 fully saturated rings. The zero-order valence-electron chi connectivity index (χ0n) is 22.8. The smallest absolute Gasteiger partial charge is 0.480 e. The number of carboxylic acid groups (broad SMARTS) is 1. The Hall–Kier alpha value is -1.52. The Kier molecular flexibility index (Phi) is 15.1. The molecule has 0 aromatic carbocycles. The van der Waals surface area contributed by atoms with E-state index >= 15 is 0 Å². The summed E-state index contributed by atoms with van der Waals surface area (Å²) in [7, 11) is -3.09.